The molecule has 0 saturated heterocycles. The Morgan fingerprint density at radius 1 is 1.03 bits per heavy atom. The number of carbonyl (C=O) groups is 2. The summed E-state index contributed by atoms with van der Waals surface area (Å²) < 4.78 is 18.5. The molecule has 0 aliphatic carbocycles. The molecule has 0 spiro atoms. The lowest BCUT2D eigenvalue weighted by Gasteiger charge is -2.06. The molecule has 0 unspecified atom stereocenters. The van der Waals surface area contributed by atoms with Crippen LogP contribution in [0.25, 0.3) is 6.08 Å². The molecule has 0 aliphatic rings. The number of anilines is 1. The van der Waals surface area contributed by atoms with Gasteiger partial charge in [0.05, 0.1) is 5.56 Å². The van der Waals surface area contributed by atoms with E-state index in [0.717, 1.165) is 6.07 Å². The fourth-order valence-corrected chi connectivity index (χ4v) is 2.72. The van der Waals surface area contributed by atoms with E-state index in [2.05, 4.69) is 5.32 Å². The topological polar surface area (TPSA) is 79.2 Å². The monoisotopic (exact) mass is 420 g/mol. The van der Waals surface area contributed by atoms with E-state index in [1.54, 1.807) is 36.4 Å². The predicted octanol–water partition coefficient (Wildman–Crippen LogP) is 5.24. The van der Waals surface area contributed by atoms with Crippen molar-refractivity contribution in [3.8, 4) is 11.8 Å². The maximum atomic E-state index is 13.3. The summed E-state index contributed by atoms with van der Waals surface area (Å²) in [7, 11) is 0. The van der Waals surface area contributed by atoms with Crippen LogP contribution in [0.1, 0.15) is 15.9 Å². The number of nitrogens with one attached hydrogen (secondary N) is 1. The average Bonchev–Trinajstić information content (AvgIpc) is 2.72. The molecule has 3 aromatic carbocycles. The van der Waals surface area contributed by atoms with Crippen LogP contribution in [0, 0.1) is 17.1 Å². The van der Waals surface area contributed by atoms with Crippen molar-refractivity contribution in [2.24, 2.45) is 0 Å². The van der Waals surface area contributed by atoms with Gasteiger partial charge in [-0.3, -0.25) is 4.79 Å². The Morgan fingerprint density at radius 2 is 1.80 bits per heavy atom. The van der Waals surface area contributed by atoms with Crippen molar-refractivity contribution in [3.63, 3.8) is 0 Å². The maximum absolute atomic E-state index is 13.3. The number of halogens is 2. The minimum Gasteiger partial charge on any atom is -0.423 e. The summed E-state index contributed by atoms with van der Waals surface area (Å²) in [5.41, 5.74) is 0.835. The van der Waals surface area contributed by atoms with Gasteiger partial charge in [0.2, 0.25) is 0 Å². The van der Waals surface area contributed by atoms with Crippen molar-refractivity contribution in [1.29, 1.82) is 5.26 Å². The second kappa shape index (κ2) is 9.50. The van der Waals surface area contributed by atoms with Crippen LogP contribution < -0.4 is 10.1 Å². The molecule has 0 bridgehead atoms. The van der Waals surface area contributed by atoms with Crippen LogP contribution in [-0.4, -0.2) is 11.9 Å². The highest BCUT2D eigenvalue weighted by atomic mass is 35.5. The molecule has 30 heavy (non-hydrogen) atoms. The van der Waals surface area contributed by atoms with E-state index in [-0.39, 0.29) is 16.9 Å². The molecule has 0 heterocycles. The maximum Gasteiger partial charge on any atom is 0.343 e. The Balaban J connectivity index is 1.76. The van der Waals surface area contributed by atoms with E-state index in [0.29, 0.717) is 16.3 Å². The third-order valence-corrected chi connectivity index (χ3v) is 4.12. The minimum atomic E-state index is -0.727. The lowest BCUT2D eigenvalue weighted by molar-refractivity contribution is -0.112. The highest BCUT2D eigenvalue weighted by Gasteiger charge is 2.12. The lowest BCUT2D eigenvalue weighted by Crippen LogP contribution is -2.13. The zero-order valence-corrected chi connectivity index (χ0v) is 16.2. The van der Waals surface area contributed by atoms with Crippen LogP contribution in [0.2, 0.25) is 5.02 Å². The first kappa shape index (κ1) is 20.8. The van der Waals surface area contributed by atoms with Crippen molar-refractivity contribution < 1.29 is 18.7 Å². The van der Waals surface area contributed by atoms with E-state index >= 15 is 0 Å². The molecular weight excluding hydrogens is 407 g/mol. The van der Waals surface area contributed by atoms with Gasteiger partial charge in [-0.05, 0) is 60.2 Å². The van der Waals surface area contributed by atoms with E-state index < -0.39 is 17.7 Å². The molecule has 0 aromatic heterocycles. The van der Waals surface area contributed by atoms with E-state index in [4.69, 9.17) is 16.3 Å². The summed E-state index contributed by atoms with van der Waals surface area (Å²) in [6, 6.07) is 19.8. The number of rotatable bonds is 5. The third kappa shape index (κ3) is 5.53. The fraction of sp³-hybridized carbons (Fsp3) is 0. The summed E-state index contributed by atoms with van der Waals surface area (Å²) in [5, 5.41) is 12.4. The normalized spacial score (nSPS) is 10.8. The van der Waals surface area contributed by atoms with Crippen molar-refractivity contribution in [1.82, 2.24) is 0 Å². The molecule has 0 atom stereocenters. The number of carbonyl (C=O) groups excluding carboxylic acids is 2. The van der Waals surface area contributed by atoms with Crippen LogP contribution in [0.3, 0.4) is 0 Å². The summed E-state index contributed by atoms with van der Waals surface area (Å²) in [4.78, 5) is 24.5. The highest BCUT2D eigenvalue weighted by molar-refractivity contribution is 6.31. The summed E-state index contributed by atoms with van der Waals surface area (Å²) in [5.74, 6) is -1.70. The van der Waals surface area contributed by atoms with Crippen molar-refractivity contribution >= 4 is 35.2 Å². The second-order valence-electron chi connectivity index (χ2n) is 6.11. The van der Waals surface area contributed by atoms with Crippen molar-refractivity contribution in [2.45, 2.75) is 0 Å². The summed E-state index contributed by atoms with van der Waals surface area (Å²) >= 11 is 5.89. The smallest absolute Gasteiger partial charge is 0.343 e. The van der Waals surface area contributed by atoms with E-state index in [1.807, 2.05) is 6.07 Å². The number of amides is 1. The molecule has 3 aromatic rings. The van der Waals surface area contributed by atoms with Gasteiger partial charge < -0.3 is 10.1 Å². The van der Waals surface area contributed by atoms with Gasteiger partial charge in [-0.15, -0.1) is 0 Å². The van der Waals surface area contributed by atoms with Gasteiger partial charge >= 0.3 is 5.97 Å². The largest absolute Gasteiger partial charge is 0.423 e. The lowest BCUT2D eigenvalue weighted by atomic mass is 10.1. The molecule has 0 saturated carbocycles. The highest BCUT2D eigenvalue weighted by Crippen LogP contribution is 2.19. The molecule has 1 amide bonds. The zero-order valence-electron chi connectivity index (χ0n) is 15.4. The second-order valence-corrected chi connectivity index (χ2v) is 6.54. The van der Waals surface area contributed by atoms with Gasteiger partial charge in [0, 0.05) is 10.7 Å². The zero-order chi connectivity index (χ0) is 21.5. The SMILES string of the molecule is N#C/C(=C\c1cccc(OC(=O)c2cccc(F)c2)c1)C(=O)Nc1cccc(Cl)c1. The quantitative estimate of drug-likeness (QED) is 0.265. The first-order valence-corrected chi connectivity index (χ1v) is 9.09. The van der Waals surface area contributed by atoms with Crippen molar-refractivity contribution in [2.75, 3.05) is 5.32 Å². The van der Waals surface area contributed by atoms with Crippen LogP contribution in [0.5, 0.6) is 5.75 Å². The Hall–Kier alpha value is -3.95. The molecular formula is C23H14ClFN2O3. The first-order chi connectivity index (χ1) is 14.4. The molecule has 148 valence electrons. The first-order valence-electron chi connectivity index (χ1n) is 8.71. The molecule has 7 heteroatoms. The molecule has 1 N–H and O–H groups in total. The Labute approximate surface area is 177 Å². The van der Waals surface area contributed by atoms with Crippen LogP contribution in [0.4, 0.5) is 10.1 Å². The fourth-order valence-electron chi connectivity index (χ4n) is 2.53. The molecule has 0 fully saturated rings. The third-order valence-electron chi connectivity index (χ3n) is 3.89. The molecule has 0 aliphatic heterocycles. The molecule has 5 nitrogen and oxygen atoms in total. The summed E-state index contributed by atoms with van der Waals surface area (Å²) in [6.45, 7) is 0. The van der Waals surface area contributed by atoms with Crippen LogP contribution in [0.15, 0.2) is 78.4 Å². The van der Waals surface area contributed by atoms with Gasteiger partial charge in [-0.25, -0.2) is 9.18 Å². The van der Waals surface area contributed by atoms with Crippen LogP contribution in [-0.2, 0) is 4.79 Å². The molecule has 0 radical (unpaired) electrons. The van der Waals surface area contributed by atoms with E-state index in [1.165, 1.54) is 36.4 Å². The number of nitrogens with zero attached hydrogens (tertiary/aromatic N) is 1. The predicted molar refractivity (Wildman–Crippen MR) is 111 cm³/mol. The standard InChI is InChI=1S/C23H14ClFN2O3/c24-18-6-3-8-20(13-18)27-22(28)17(14-26)10-15-4-1-9-21(11-15)30-23(29)16-5-2-7-19(25)12-16/h1-13H,(H,27,28)/b17-10+. The number of hydrogen-bond acceptors (Lipinski definition) is 4. The van der Waals surface area contributed by atoms with Gasteiger partial charge in [-0.2, -0.15) is 5.26 Å². The number of hydrogen-bond donors (Lipinski definition) is 1. The van der Waals surface area contributed by atoms with E-state index in [9.17, 15) is 19.2 Å². The van der Waals surface area contributed by atoms with Crippen LogP contribution >= 0.6 is 11.6 Å². The van der Waals surface area contributed by atoms with Gasteiger partial charge in [0.15, 0.2) is 0 Å². The molecule has 3 rings (SSSR count). The Kier molecular flexibility index (Phi) is 6.58. The van der Waals surface area contributed by atoms with Gasteiger partial charge in [0.1, 0.15) is 23.2 Å². The van der Waals surface area contributed by atoms with Crippen molar-refractivity contribution in [3.05, 3.63) is 100 Å². The summed E-state index contributed by atoms with van der Waals surface area (Å²) in [6.07, 6.45) is 1.36. The number of benzene rings is 3. The number of esters is 1. The Morgan fingerprint density at radius 3 is 2.53 bits per heavy atom. The average molecular weight is 421 g/mol. The minimum absolute atomic E-state index is 0.0644. The van der Waals surface area contributed by atoms with Gasteiger partial charge in [0.25, 0.3) is 5.91 Å². The number of nitriles is 1. The Bertz CT molecular complexity index is 1180. The number of ether oxygens (including phenoxy) is 1. The van der Waals surface area contributed by atoms with Gasteiger partial charge in [-0.1, -0.05) is 35.9 Å².